The molecule has 0 saturated carbocycles. The van der Waals surface area contributed by atoms with Crippen LogP contribution < -0.4 is 4.74 Å². The van der Waals surface area contributed by atoms with E-state index in [0.29, 0.717) is 21.8 Å². The zero-order chi connectivity index (χ0) is 26.9. The molecule has 194 valence electrons. The Hall–Kier alpha value is -3.14. The Labute approximate surface area is 207 Å². The fourth-order valence-electron chi connectivity index (χ4n) is 3.58. The Morgan fingerprint density at radius 2 is 1.08 bits per heavy atom. The van der Waals surface area contributed by atoms with Gasteiger partial charge in [-0.3, -0.25) is 0 Å². The van der Waals surface area contributed by atoms with E-state index in [0.717, 1.165) is 24.3 Å². The first kappa shape index (κ1) is 27.4. The van der Waals surface area contributed by atoms with E-state index in [2.05, 4.69) is 0 Å². The van der Waals surface area contributed by atoms with Crippen molar-refractivity contribution in [2.24, 2.45) is 0 Å². The molecule has 0 fully saturated rings. The topological polar surface area (TPSA) is 35.5 Å². The molecule has 3 nitrogen and oxygen atoms in total. The highest BCUT2D eigenvalue weighted by molar-refractivity contribution is 8.17. The summed E-state index contributed by atoms with van der Waals surface area (Å²) < 4.78 is 94.5. The maximum Gasteiger partial charge on any atom is 0.344 e. The highest BCUT2D eigenvalue weighted by Crippen LogP contribution is 2.53. The SMILES string of the molecule is Cc1cc([SH](c2cc(F)c(F)c(F)c2)c2cc(F)c(F)c(F)c2)cc(C)c1OCC(=O)OC(C)(C)C. The summed E-state index contributed by atoms with van der Waals surface area (Å²) in [6.45, 7) is 8.04. The summed E-state index contributed by atoms with van der Waals surface area (Å²) in [6, 6.07) is 6.06. The van der Waals surface area contributed by atoms with E-state index in [1.807, 2.05) is 0 Å². The van der Waals surface area contributed by atoms with E-state index < -0.39 is 57.4 Å². The van der Waals surface area contributed by atoms with Crippen LogP contribution >= 0.6 is 10.9 Å². The van der Waals surface area contributed by atoms with E-state index in [9.17, 15) is 31.1 Å². The molecule has 0 heterocycles. The van der Waals surface area contributed by atoms with Gasteiger partial charge in [-0.2, -0.15) is 10.9 Å². The number of esters is 1. The summed E-state index contributed by atoms with van der Waals surface area (Å²) in [7, 11) is -2.06. The molecular weight excluding hydrogens is 506 g/mol. The molecule has 0 saturated heterocycles. The van der Waals surface area contributed by atoms with E-state index in [1.165, 1.54) is 0 Å². The summed E-state index contributed by atoms with van der Waals surface area (Å²) in [5.74, 6) is -9.56. The van der Waals surface area contributed by atoms with Crippen LogP contribution in [-0.4, -0.2) is 18.2 Å². The molecule has 0 amide bonds. The van der Waals surface area contributed by atoms with Gasteiger partial charge in [-0.25, -0.2) is 31.1 Å². The second kappa shape index (κ2) is 10.5. The third kappa shape index (κ3) is 6.16. The quantitative estimate of drug-likeness (QED) is 0.157. The molecule has 0 unspecified atom stereocenters. The molecule has 0 radical (unpaired) electrons. The molecular formula is C26H24F6O3S. The normalized spacial score (nSPS) is 11.9. The number of rotatable bonds is 6. The van der Waals surface area contributed by atoms with Gasteiger partial charge < -0.3 is 9.47 Å². The number of thiol groups is 1. The molecule has 0 atom stereocenters. The third-order valence-electron chi connectivity index (χ3n) is 4.91. The zero-order valence-electron chi connectivity index (χ0n) is 20.1. The van der Waals surface area contributed by atoms with Gasteiger partial charge in [0.05, 0.1) is 0 Å². The van der Waals surface area contributed by atoms with Gasteiger partial charge in [0.15, 0.2) is 41.5 Å². The van der Waals surface area contributed by atoms with Gasteiger partial charge in [-0.15, -0.1) is 0 Å². The molecule has 0 bridgehead atoms. The maximum absolute atomic E-state index is 14.1. The van der Waals surface area contributed by atoms with Crippen LogP contribution in [0.3, 0.4) is 0 Å². The Kier molecular flexibility index (Phi) is 7.97. The van der Waals surface area contributed by atoms with Gasteiger partial charge >= 0.3 is 5.97 Å². The fourth-order valence-corrected chi connectivity index (χ4v) is 6.09. The first-order valence-electron chi connectivity index (χ1n) is 10.7. The molecule has 0 aromatic heterocycles. The number of ether oxygens (including phenoxy) is 2. The number of carbonyl (C=O) groups excluding carboxylic acids is 1. The van der Waals surface area contributed by atoms with Gasteiger partial charge in [-0.05, 0) is 87.0 Å². The van der Waals surface area contributed by atoms with E-state index in [1.54, 1.807) is 46.8 Å². The van der Waals surface area contributed by atoms with Crippen LogP contribution in [0.1, 0.15) is 31.9 Å². The predicted octanol–water partition coefficient (Wildman–Crippen LogP) is 7.34. The number of aryl methyl sites for hydroxylation is 2. The van der Waals surface area contributed by atoms with E-state index in [-0.39, 0.29) is 16.4 Å². The van der Waals surface area contributed by atoms with Gasteiger partial charge in [0.1, 0.15) is 11.4 Å². The molecule has 0 N–H and O–H groups in total. The Balaban J connectivity index is 2.09. The van der Waals surface area contributed by atoms with Crippen molar-refractivity contribution >= 4 is 16.9 Å². The number of carbonyl (C=O) groups is 1. The van der Waals surface area contributed by atoms with Crippen LogP contribution in [0.25, 0.3) is 0 Å². The van der Waals surface area contributed by atoms with Gasteiger partial charge in [0, 0.05) is 9.79 Å². The van der Waals surface area contributed by atoms with Crippen LogP contribution in [0, 0.1) is 48.8 Å². The zero-order valence-corrected chi connectivity index (χ0v) is 21.0. The fraction of sp³-hybridized carbons (Fsp3) is 0.269. The van der Waals surface area contributed by atoms with Gasteiger partial charge in [0.2, 0.25) is 0 Å². The van der Waals surface area contributed by atoms with Crippen LogP contribution in [0.5, 0.6) is 5.75 Å². The summed E-state index contributed by atoms with van der Waals surface area (Å²) in [5, 5.41) is 0. The summed E-state index contributed by atoms with van der Waals surface area (Å²) in [6.07, 6.45) is 0. The van der Waals surface area contributed by atoms with Gasteiger partial charge in [-0.1, -0.05) is 0 Å². The van der Waals surface area contributed by atoms with Crippen LogP contribution in [0.15, 0.2) is 51.1 Å². The molecule has 36 heavy (non-hydrogen) atoms. The average Bonchev–Trinajstić information content (AvgIpc) is 2.74. The van der Waals surface area contributed by atoms with E-state index in [4.69, 9.17) is 9.47 Å². The molecule has 3 aromatic carbocycles. The van der Waals surface area contributed by atoms with Crippen molar-refractivity contribution in [2.45, 2.75) is 54.9 Å². The third-order valence-corrected chi connectivity index (χ3v) is 7.24. The lowest BCUT2D eigenvalue weighted by Crippen LogP contribution is -2.27. The second-order valence-electron chi connectivity index (χ2n) is 9.07. The first-order valence-corrected chi connectivity index (χ1v) is 12.1. The maximum atomic E-state index is 14.1. The highest BCUT2D eigenvalue weighted by Gasteiger charge is 2.23. The minimum absolute atomic E-state index is 0.0898. The summed E-state index contributed by atoms with van der Waals surface area (Å²) >= 11 is 0. The predicted molar refractivity (Wildman–Crippen MR) is 124 cm³/mol. The van der Waals surface area contributed by atoms with Crippen molar-refractivity contribution in [3.63, 3.8) is 0 Å². The van der Waals surface area contributed by atoms with Crippen molar-refractivity contribution in [1.82, 2.24) is 0 Å². The van der Waals surface area contributed by atoms with Crippen molar-refractivity contribution < 1.29 is 40.6 Å². The lowest BCUT2D eigenvalue weighted by atomic mass is 10.1. The number of hydrogen-bond acceptors (Lipinski definition) is 3. The molecule has 0 aliphatic heterocycles. The Morgan fingerprint density at radius 3 is 1.44 bits per heavy atom. The lowest BCUT2D eigenvalue weighted by Gasteiger charge is -2.26. The monoisotopic (exact) mass is 530 g/mol. The Morgan fingerprint density at radius 1 is 0.722 bits per heavy atom. The number of benzene rings is 3. The van der Waals surface area contributed by atoms with Crippen molar-refractivity contribution in [3.05, 3.63) is 82.4 Å². The van der Waals surface area contributed by atoms with Crippen molar-refractivity contribution in [2.75, 3.05) is 6.61 Å². The lowest BCUT2D eigenvalue weighted by molar-refractivity contribution is -0.157. The minimum atomic E-state index is -2.06. The highest BCUT2D eigenvalue weighted by atomic mass is 32.2. The average molecular weight is 531 g/mol. The van der Waals surface area contributed by atoms with Crippen LogP contribution in [0.4, 0.5) is 26.3 Å². The molecule has 10 heteroatoms. The molecule has 3 rings (SSSR count). The van der Waals surface area contributed by atoms with Crippen LogP contribution in [0.2, 0.25) is 0 Å². The van der Waals surface area contributed by atoms with Gasteiger partial charge in [0.25, 0.3) is 0 Å². The van der Waals surface area contributed by atoms with Crippen molar-refractivity contribution in [3.8, 4) is 5.75 Å². The second-order valence-corrected chi connectivity index (χ2v) is 11.3. The first-order chi connectivity index (χ1) is 16.7. The summed E-state index contributed by atoms with van der Waals surface area (Å²) in [5.41, 5.74) is 0.309. The largest absolute Gasteiger partial charge is 0.481 e. The molecule has 0 spiro atoms. The number of halogens is 6. The minimum Gasteiger partial charge on any atom is -0.481 e. The summed E-state index contributed by atoms with van der Waals surface area (Å²) in [4.78, 5) is 12.2. The molecule has 3 aromatic rings. The standard InChI is InChI=1S/C26H24F6O3S/c1-13-6-15(7-14(2)25(13)34-12-22(33)35-26(3,4)5)36(16-8-18(27)23(31)19(28)9-16)17-10-20(29)24(32)21(30)11-17/h6-11,36H,12H2,1-5H3. The van der Waals surface area contributed by atoms with Crippen LogP contribution in [-0.2, 0) is 9.53 Å². The smallest absolute Gasteiger partial charge is 0.344 e. The van der Waals surface area contributed by atoms with Crippen molar-refractivity contribution in [1.29, 1.82) is 0 Å². The Bertz CT molecular complexity index is 1190. The molecule has 0 aliphatic rings. The molecule has 0 aliphatic carbocycles. The number of hydrogen-bond donors (Lipinski definition) is 1. The van der Waals surface area contributed by atoms with E-state index >= 15 is 0 Å².